The van der Waals surface area contributed by atoms with Gasteiger partial charge in [-0.25, -0.2) is 0 Å². The number of benzene rings is 2. The summed E-state index contributed by atoms with van der Waals surface area (Å²) in [6.45, 7) is 3.97. The fourth-order valence-electron chi connectivity index (χ4n) is 2.30. The minimum Gasteiger partial charge on any atom is -0.423 e. The van der Waals surface area contributed by atoms with Crippen LogP contribution >= 0.6 is 0 Å². The van der Waals surface area contributed by atoms with E-state index in [9.17, 15) is 0 Å². The molecule has 0 saturated heterocycles. The highest BCUT2D eigenvalue weighted by atomic mass is 16.4. The summed E-state index contributed by atoms with van der Waals surface area (Å²) < 4.78 is 5.48. The van der Waals surface area contributed by atoms with Crippen LogP contribution in [0.1, 0.15) is 11.1 Å². The van der Waals surface area contributed by atoms with E-state index in [1.165, 1.54) is 0 Å². The summed E-state index contributed by atoms with van der Waals surface area (Å²) in [4.78, 5) is 4.18. The molecule has 3 aromatic rings. The third kappa shape index (κ3) is 1.21. The summed E-state index contributed by atoms with van der Waals surface area (Å²) >= 11 is 0. The van der Waals surface area contributed by atoms with Crippen molar-refractivity contribution in [1.82, 2.24) is 4.98 Å². The van der Waals surface area contributed by atoms with Crippen LogP contribution in [-0.2, 0) is 0 Å². The Hall–Kier alpha value is -2.23. The number of anilines is 2. The van der Waals surface area contributed by atoms with E-state index in [0.717, 1.165) is 33.1 Å². The van der Waals surface area contributed by atoms with E-state index in [0.29, 0.717) is 5.58 Å². The maximum atomic E-state index is 6.17. The Kier molecular flexibility index (Phi) is 1.84. The smallest absolute Gasteiger partial charge is 0.293 e. The highest BCUT2D eigenvalue weighted by Crippen LogP contribution is 2.36. The molecule has 4 N–H and O–H groups in total. The van der Waals surface area contributed by atoms with Gasteiger partial charge in [0.05, 0.1) is 0 Å². The minimum absolute atomic E-state index is 0.177. The molecule has 0 aliphatic carbocycles. The summed E-state index contributed by atoms with van der Waals surface area (Å²) in [6.07, 6.45) is 0. The van der Waals surface area contributed by atoms with Gasteiger partial charge in [0.2, 0.25) is 0 Å². The zero-order valence-electron chi connectivity index (χ0n) is 9.74. The average Bonchev–Trinajstić information content (AvgIpc) is 2.68. The first-order valence-corrected chi connectivity index (χ1v) is 5.43. The lowest BCUT2D eigenvalue weighted by Gasteiger charge is -2.08. The Balaban J connectivity index is 2.69. The van der Waals surface area contributed by atoms with Crippen molar-refractivity contribution in [3.05, 3.63) is 29.3 Å². The molecule has 0 amide bonds. The Labute approximate surface area is 98.2 Å². The van der Waals surface area contributed by atoms with E-state index < -0.39 is 0 Å². The van der Waals surface area contributed by atoms with Crippen LogP contribution in [0, 0.1) is 13.8 Å². The summed E-state index contributed by atoms with van der Waals surface area (Å²) in [6, 6.07) is 6.16. The number of nitrogens with two attached hydrogens (primary N) is 2. The van der Waals surface area contributed by atoms with Gasteiger partial charge in [-0.3, -0.25) is 0 Å². The quantitative estimate of drug-likeness (QED) is 0.579. The van der Waals surface area contributed by atoms with Gasteiger partial charge in [-0.15, -0.1) is 0 Å². The van der Waals surface area contributed by atoms with Crippen molar-refractivity contribution in [2.45, 2.75) is 13.8 Å². The van der Waals surface area contributed by atoms with Crippen LogP contribution in [0.2, 0.25) is 0 Å². The Morgan fingerprint density at radius 2 is 1.94 bits per heavy atom. The molecule has 1 aromatic heterocycles. The van der Waals surface area contributed by atoms with Gasteiger partial charge in [-0.1, -0.05) is 18.2 Å². The van der Waals surface area contributed by atoms with Gasteiger partial charge < -0.3 is 15.9 Å². The number of oxazole rings is 1. The number of fused-ring (bicyclic) bond motifs is 3. The van der Waals surface area contributed by atoms with Gasteiger partial charge >= 0.3 is 0 Å². The van der Waals surface area contributed by atoms with Crippen LogP contribution in [0.15, 0.2) is 22.6 Å². The Morgan fingerprint density at radius 3 is 2.71 bits per heavy atom. The molecule has 0 saturated carbocycles. The predicted molar refractivity (Wildman–Crippen MR) is 69.8 cm³/mol. The molecule has 17 heavy (non-hydrogen) atoms. The molecule has 0 atom stereocenters. The van der Waals surface area contributed by atoms with Crippen molar-refractivity contribution >= 4 is 33.6 Å². The first kappa shape index (κ1) is 9.96. The zero-order chi connectivity index (χ0) is 12.2. The lowest BCUT2D eigenvalue weighted by molar-refractivity contribution is 0.629. The van der Waals surface area contributed by atoms with Crippen molar-refractivity contribution < 1.29 is 4.42 Å². The summed E-state index contributed by atoms with van der Waals surface area (Å²) in [5.74, 6) is 0. The lowest BCUT2D eigenvalue weighted by Crippen LogP contribution is -1.94. The summed E-state index contributed by atoms with van der Waals surface area (Å²) in [5.41, 5.74) is 16.0. The van der Waals surface area contributed by atoms with Crippen molar-refractivity contribution in [1.29, 1.82) is 0 Å². The number of hydrogen-bond acceptors (Lipinski definition) is 4. The van der Waals surface area contributed by atoms with Crippen LogP contribution in [0.25, 0.3) is 21.9 Å². The third-order valence-electron chi connectivity index (χ3n) is 3.19. The third-order valence-corrected chi connectivity index (χ3v) is 3.19. The van der Waals surface area contributed by atoms with Crippen LogP contribution in [0.3, 0.4) is 0 Å². The average molecular weight is 227 g/mol. The molecule has 2 aromatic carbocycles. The van der Waals surface area contributed by atoms with Crippen LogP contribution in [0.4, 0.5) is 11.7 Å². The summed E-state index contributed by atoms with van der Waals surface area (Å²) in [7, 11) is 0. The molecular formula is C13H13N3O. The highest BCUT2D eigenvalue weighted by Gasteiger charge is 2.15. The monoisotopic (exact) mass is 227 g/mol. The van der Waals surface area contributed by atoms with Crippen LogP contribution < -0.4 is 11.5 Å². The van der Waals surface area contributed by atoms with E-state index in [4.69, 9.17) is 15.9 Å². The molecular weight excluding hydrogens is 214 g/mol. The molecule has 0 fully saturated rings. The lowest BCUT2D eigenvalue weighted by atomic mass is 9.99. The highest BCUT2D eigenvalue weighted by molar-refractivity contribution is 6.12. The summed E-state index contributed by atoms with van der Waals surface area (Å²) in [5, 5.41) is 1.99. The first-order chi connectivity index (χ1) is 8.09. The van der Waals surface area contributed by atoms with Crippen molar-refractivity contribution in [2.75, 3.05) is 11.5 Å². The minimum atomic E-state index is 0.177. The van der Waals surface area contributed by atoms with Crippen molar-refractivity contribution in [3.63, 3.8) is 0 Å². The van der Waals surface area contributed by atoms with Gasteiger partial charge in [-0.05, 0) is 19.4 Å². The molecule has 0 radical (unpaired) electrons. The second-order valence-corrected chi connectivity index (χ2v) is 4.27. The van der Waals surface area contributed by atoms with Gasteiger partial charge in [-0.2, -0.15) is 4.98 Å². The SMILES string of the molecule is Cc1c(N)c2c(C)cccc2c2oc(N)nc12. The molecule has 0 aliphatic rings. The molecule has 4 heteroatoms. The van der Waals surface area contributed by atoms with Gasteiger partial charge in [0, 0.05) is 22.0 Å². The molecule has 86 valence electrons. The molecule has 1 heterocycles. The molecule has 0 unspecified atom stereocenters. The number of hydrogen-bond donors (Lipinski definition) is 2. The topological polar surface area (TPSA) is 78.1 Å². The van der Waals surface area contributed by atoms with E-state index >= 15 is 0 Å². The number of rotatable bonds is 0. The first-order valence-electron chi connectivity index (χ1n) is 5.43. The van der Waals surface area contributed by atoms with Crippen molar-refractivity contribution in [2.24, 2.45) is 0 Å². The zero-order valence-corrected chi connectivity index (χ0v) is 9.74. The number of nitrogens with zero attached hydrogens (tertiary/aromatic N) is 1. The second-order valence-electron chi connectivity index (χ2n) is 4.27. The van der Waals surface area contributed by atoms with Gasteiger partial charge in [0.15, 0.2) is 5.58 Å². The standard InChI is InChI=1S/C13H13N3O/c1-6-4-3-5-8-9(6)10(14)7(2)11-12(8)17-13(15)16-11/h3-5H,14H2,1-2H3,(H2,15,16). The normalized spacial score (nSPS) is 11.4. The van der Waals surface area contributed by atoms with Crippen molar-refractivity contribution in [3.8, 4) is 0 Å². The molecule has 0 spiro atoms. The molecule has 0 bridgehead atoms. The molecule has 4 nitrogen and oxygen atoms in total. The van der Waals surface area contributed by atoms with Gasteiger partial charge in [0.1, 0.15) is 5.52 Å². The van der Waals surface area contributed by atoms with E-state index in [-0.39, 0.29) is 6.01 Å². The van der Waals surface area contributed by atoms with Gasteiger partial charge in [0.25, 0.3) is 6.01 Å². The van der Waals surface area contributed by atoms with Crippen LogP contribution in [0.5, 0.6) is 0 Å². The van der Waals surface area contributed by atoms with E-state index in [1.807, 2.05) is 32.0 Å². The maximum absolute atomic E-state index is 6.17. The maximum Gasteiger partial charge on any atom is 0.293 e. The Bertz CT molecular complexity index is 743. The van der Waals surface area contributed by atoms with E-state index in [2.05, 4.69) is 4.98 Å². The molecule has 3 rings (SSSR count). The largest absolute Gasteiger partial charge is 0.423 e. The molecule has 0 aliphatic heterocycles. The number of nitrogen functional groups attached to an aromatic ring is 2. The Morgan fingerprint density at radius 1 is 1.18 bits per heavy atom. The van der Waals surface area contributed by atoms with Crippen LogP contribution in [-0.4, -0.2) is 4.98 Å². The second kappa shape index (κ2) is 3.13. The number of aryl methyl sites for hydroxylation is 2. The van der Waals surface area contributed by atoms with E-state index in [1.54, 1.807) is 0 Å². The predicted octanol–water partition coefficient (Wildman–Crippen LogP) is 2.76. The fraction of sp³-hybridized carbons (Fsp3) is 0.154. The number of aromatic nitrogens is 1. The fourth-order valence-corrected chi connectivity index (χ4v) is 2.30.